The highest BCUT2D eigenvalue weighted by atomic mass is 16.6. The third kappa shape index (κ3) is 14.0. The Hall–Kier alpha value is -2.92. The number of carbonyl (C=O) groups excluding carboxylic acids is 2. The number of hydrogen-bond donors (Lipinski definition) is 0. The molecule has 27 heavy (non-hydrogen) atoms. The van der Waals surface area contributed by atoms with Crippen molar-refractivity contribution < 1.29 is 23.8 Å². The second kappa shape index (κ2) is 16.5. The van der Waals surface area contributed by atoms with E-state index >= 15 is 0 Å². The van der Waals surface area contributed by atoms with Gasteiger partial charge in [0.05, 0.1) is 13.7 Å². The summed E-state index contributed by atoms with van der Waals surface area (Å²) in [4.78, 5) is 20.0. The minimum Gasteiger partial charge on any atom is -0.466 e. The van der Waals surface area contributed by atoms with Gasteiger partial charge in [0, 0.05) is 19.6 Å². The Labute approximate surface area is 161 Å². The van der Waals surface area contributed by atoms with Gasteiger partial charge in [0.25, 0.3) is 0 Å². The first-order valence-electron chi connectivity index (χ1n) is 8.57. The lowest BCUT2D eigenvalue weighted by atomic mass is 10.1. The van der Waals surface area contributed by atoms with Gasteiger partial charge in [-0.3, -0.25) is 4.79 Å². The van der Waals surface area contributed by atoms with E-state index in [0.717, 1.165) is 6.08 Å². The highest BCUT2D eigenvalue weighted by Crippen LogP contribution is 2.17. The minimum absolute atomic E-state index is 0.255. The molecule has 2 aromatic rings. The van der Waals surface area contributed by atoms with Crippen LogP contribution in [0.2, 0.25) is 0 Å². The number of benzene rings is 2. The molecule has 0 fully saturated rings. The lowest BCUT2D eigenvalue weighted by Crippen LogP contribution is -2.06. The van der Waals surface area contributed by atoms with Gasteiger partial charge in [0.1, 0.15) is 6.61 Å². The number of esters is 2. The third-order valence-electron chi connectivity index (χ3n) is 2.99. The summed E-state index contributed by atoms with van der Waals surface area (Å²) in [6.45, 7) is 7.96. The molecule has 0 aliphatic carbocycles. The Kier molecular flexibility index (Phi) is 14.8. The Balaban J connectivity index is 0.000000403. The van der Waals surface area contributed by atoms with Gasteiger partial charge in [-0.2, -0.15) is 0 Å². The van der Waals surface area contributed by atoms with Crippen LogP contribution in [0.25, 0.3) is 11.1 Å². The van der Waals surface area contributed by atoms with Crippen LogP contribution < -0.4 is 0 Å². The molecule has 0 N–H and O–H groups in total. The van der Waals surface area contributed by atoms with Gasteiger partial charge in [0.2, 0.25) is 0 Å². The SMILES string of the molecule is C=CC(=O)OC.CCOCCOC(C)=O.c1ccc(-c2ccccc2)cc1. The van der Waals surface area contributed by atoms with E-state index in [2.05, 4.69) is 64.6 Å². The van der Waals surface area contributed by atoms with E-state index < -0.39 is 5.97 Å². The Morgan fingerprint density at radius 2 is 1.41 bits per heavy atom. The van der Waals surface area contributed by atoms with Crippen LogP contribution in [0.1, 0.15) is 13.8 Å². The zero-order valence-electron chi connectivity index (χ0n) is 16.2. The molecule has 2 aromatic carbocycles. The first-order chi connectivity index (χ1) is 13.0. The van der Waals surface area contributed by atoms with Crippen molar-refractivity contribution in [3.63, 3.8) is 0 Å². The van der Waals surface area contributed by atoms with E-state index in [-0.39, 0.29) is 5.97 Å². The Morgan fingerprint density at radius 3 is 1.70 bits per heavy atom. The summed E-state index contributed by atoms with van der Waals surface area (Å²) >= 11 is 0. The molecular weight excluding hydrogens is 344 g/mol. The fourth-order valence-electron chi connectivity index (χ4n) is 1.73. The normalized spacial score (nSPS) is 8.85. The third-order valence-corrected chi connectivity index (χ3v) is 2.99. The van der Waals surface area contributed by atoms with Gasteiger partial charge >= 0.3 is 11.9 Å². The van der Waals surface area contributed by atoms with Crippen molar-refractivity contribution in [3.8, 4) is 11.1 Å². The molecule has 0 bridgehead atoms. The van der Waals surface area contributed by atoms with Crippen molar-refractivity contribution in [1.82, 2.24) is 0 Å². The minimum atomic E-state index is -0.394. The van der Waals surface area contributed by atoms with E-state index in [9.17, 15) is 9.59 Å². The van der Waals surface area contributed by atoms with Crippen LogP contribution in [0.3, 0.4) is 0 Å². The fourth-order valence-corrected chi connectivity index (χ4v) is 1.73. The number of ether oxygens (including phenoxy) is 3. The standard InChI is InChI=1S/C12H10.C6H12O3.C4H6O2/c1-3-7-11(8-4-1)12-9-5-2-6-10-12;1-3-8-4-5-9-6(2)7;1-3-4(5)6-2/h1-10H;3-5H2,1-2H3;3H,1H2,2H3. The van der Waals surface area contributed by atoms with Gasteiger partial charge in [-0.05, 0) is 18.1 Å². The van der Waals surface area contributed by atoms with Gasteiger partial charge in [-0.25, -0.2) is 4.79 Å². The predicted octanol–water partition coefficient (Wildman–Crippen LogP) is 4.29. The summed E-state index contributed by atoms with van der Waals surface area (Å²) in [5.41, 5.74) is 2.55. The quantitative estimate of drug-likeness (QED) is 0.430. The molecule has 0 saturated heterocycles. The smallest absolute Gasteiger partial charge is 0.329 e. The average molecular weight is 372 g/mol. The molecule has 0 spiro atoms. The van der Waals surface area contributed by atoms with E-state index in [1.807, 2.05) is 19.1 Å². The van der Waals surface area contributed by atoms with Crippen LogP contribution >= 0.6 is 0 Å². The summed E-state index contributed by atoms with van der Waals surface area (Å²) < 4.78 is 13.6. The summed E-state index contributed by atoms with van der Waals surface area (Å²) in [7, 11) is 1.31. The molecule has 0 aliphatic rings. The summed E-state index contributed by atoms with van der Waals surface area (Å²) in [6, 6.07) is 20.8. The van der Waals surface area contributed by atoms with Crippen molar-refractivity contribution in [2.45, 2.75) is 13.8 Å². The second-order valence-electron chi connectivity index (χ2n) is 5.00. The molecule has 0 atom stereocenters. The second-order valence-corrected chi connectivity index (χ2v) is 5.00. The van der Waals surface area contributed by atoms with Crippen LogP contribution in [-0.4, -0.2) is 38.9 Å². The summed E-state index contributed by atoms with van der Waals surface area (Å²) in [5, 5.41) is 0. The van der Waals surface area contributed by atoms with Crippen LogP contribution in [-0.2, 0) is 23.8 Å². The zero-order chi connectivity index (χ0) is 20.3. The van der Waals surface area contributed by atoms with Crippen molar-refractivity contribution >= 4 is 11.9 Å². The number of hydrogen-bond acceptors (Lipinski definition) is 5. The van der Waals surface area contributed by atoms with E-state index in [1.165, 1.54) is 25.2 Å². The average Bonchev–Trinajstić information content (AvgIpc) is 2.73. The molecule has 146 valence electrons. The van der Waals surface area contributed by atoms with Crippen molar-refractivity contribution in [3.05, 3.63) is 73.3 Å². The molecule has 0 amide bonds. The summed E-state index contributed by atoms with van der Waals surface area (Å²) in [6.07, 6.45) is 1.11. The van der Waals surface area contributed by atoms with E-state index in [4.69, 9.17) is 4.74 Å². The van der Waals surface area contributed by atoms with Crippen LogP contribution in [0.4, 0.5) is 0 Å². The van der Waals surface area contributed by atoms with Crippen molar-refractivity contribution in [2.24, 2.45) is 0 Å². The van der Waals surface area contributed by atoms with Crippen LogP contribution in [0, 0.1) is 0 Å². The Bertz CT molecular complexity index is 601. The molecule has 2 rings (SSSR count). The maximum Gasteiger partial charge on any atom is 0.329 e. The topological polar surface area (TPSA) is 61.8 Å². The molecule has 0 heterocycles. The van der Waals surface area contributed by atoms with E-state index in [1.54, 1.807) is 0 Å². The predicted molar refractivity (Wildman–Crippen MR) is 107 cm³/mol. The fraction of sp³-hybridized carbons (Fsp3) is 0.273. The molecule has 0 aromatic heterocycles. The lowest BCUT2D eigenvalue weighted by Gasteiger charge is -1.99. The molecule has 0 unspecified atom stereocenters. The Morgan fingerprint density at radius 1 is 0.926 bits per heavy atom. The maximum absolute atomic E-state index is 10.1. The molecule has 5 nitrogen and oxygen atoms in total. The summed E-state index contributed by atoms with van der Waals surface area (Å²) in [5.74, 6) is -0.648. The highest BCUT2D eigenvalue weighted by Gasteiger charge is 1.92. The number of carbonyl (C=O) groups is 2. The monoisotopic (exact) mass is 372 g/mol. The molecule has 0 aliphatic heterocycles. The number of methoxy groups -OCH3 is 1. The van der Waals surface area contributed by atoms with Gasteiger partial charge < -0.3 is 14.2 Å². The van der Waals surface area contributed by atoms with Crippen LogP contribution in [0.15, 0.2) is 73.3 Å². The van der Waals surface area contributed by atoms with Gasteiger partial charge in [-0.15, -0.1) is 0 Å². The highest BCUT2D eigenvalue weighted by molar-refractivity contribution is 5.80. The first kappa shape index (κ1) is 24.1. The molecule has 0 saturated carbocycles. The zero-order valence-corrected chi connectivity index (χ0v) is 16.2. The van der Waals surface area contributed by atoms with Crippen LogP contribution in [0.5, 0.6) is 0 Å². The molecule has 5 heteroatoms. The van der Waals surface area contributed by atoms with Crippen molar-refractivity contribution in [2.75, 3.05) is 26.9 Å². The first-order valence-corrected chi connectivity index (χ1v) is 8.57. The lowest BCUT2D eigenvalue weighted by molar-refractivity contribution is -0.142. The largest absolute Gasteiger partial charge is 0.466 e. The van der Waals surface area contributed by atoms with Crippen molar-refractivity contribution in [1.29, 1.82) is 0 Å². The van der Waals surface area contributed by atoms with Gasteiger partial charge in [0.15, 0.2) is 0 Å². The van der Waals surface area contributed by atoms with Gasteiger partial charge in [-0.1, -0.05) is 67.2 Å². The maximum atomic E-state index is 10.1. The molecule has 0 radical (unpaired) electrons. The molecular formula is C22H28O5. The number of rotatable bonds is 6. The van der Waals surface area contributed by atoms with E-state index in [0.29, 0.717) is 19.8 Å².